The van der Waals surface area contributed by atoms with Crippen LogP contribution in [0, 0.1) is 0 Å². The number of thiazole rings is 1. The van der Waals surface area contributed by atoms with E-state index in [1.165, 1.54) is 22.8 Å². The lowest BCUT2D eigenvalue weighted by Crippen LogP contribution is -2.23. The first kappa shape index (κ1) is 21.5. The van der Waals surface area contributed by atoms with Crippen molar-refractivity contribution in [1.82, 2.24) is 14.6 Å². The van der Waals surface area contributed by atoms with Crippen molar-refractivity contribution in [1.29, 1.82) is 0 Å². The van der Waals surface area contributed by atoms with Crippen LogP contribution in [0.25, 0.3) is 22.4 Å². The summed E-state index contributed by atoms with van der Waals surface area (Å²) in [5.41, 5.74) is 2.25. The molecule has 0 bridgehead atoms. The molecule has 5 rings (SSSR count). The number of fused-ring (bicyclic) bond motifs is 1. The molecule has 2 aromatic heterocycles. The summed E-state index contributed by atoms with van der Waals surface area (Å²) in [7, 11) is 0. The maximum atomic E-state index is 12.9. The molecule has 0 atom stereocenters. The number of rotatable bonds is 6. The Labute approximate surface area is 198 Å². The topological polar surface area (TPSA) is 82.8 Å². The molecule has 0 saturated carbocycles. The molecule has 3 aromatic carbocycles. The Morgan fingerprint density at radius 2 is 1.74 bits per heavy atom. The fraction of sp³-hybridized carbons (Fsp3) is 0.0769. The summed E-state index contributed by atoms with van der Waals surface area (Å²) in [6.07, 6.45) is 1.80. The van der Waals surface area contributed by atoms with Crippen LogP contribution in [-0.4, -0.2) is 20.6 Å². The van der Waals surface area contributed by atoms with E-state index >= 15 is 0 Å². The van der Waals surface area contributed by atoms with Gasteiger partial charge in [-0.05, 0) is 41.5 Å². The van der Waals surface area contributed by atoms with Gasteiger partial charge in [-0.25, -0.2) is 0 Å². The smallest absolute Gasteiger partial charge is 0.308 e. The van der Waals surface area contributed by atoms with E-state index in [1.807, 2.05) is 54.6 Å². The maximum absolute atomic E-state index is 12.9. The van der Waals surface area contributed by atoms with Gasteiger partial charge in [0.1, 0.15) is 18.1 Å². The van der Waals surface area contributed by atoms with Crippen molar-refractivity contribution in [3.63, 3.8) is 0 Å². The second kappa shape index (κ2) is 9.29. The van der Waals surface area contributed by atoms with Crippen molar-refractivity contribution in [2.24, 2.45) is 0 Å². The zero-order valence-electron chi connectivity index (χ0n) is 18.2. The molecular weight excluding hydrogens is 450 g/mol. The molecule has 0 aliphatic heterocycles. The van der Waals surface area contributed by atoms with Crippen LogP contribution in [0.2, 0.25) is 0 Å². The van der Waals surface area contributed by atoms with Gasteiger partial charge in [0.15, 0.2) is 5.82 Å². The molecule has 0 saturated heterocycles. The van der Waals surface area contributed by atoms with Crippen LogP contribution in [-0.2, 0) is 11.4 Å². The SMILES string of the molecule is CC(=O)Oc1ccccc1-c1nc2s/c(=C\c3ccc(OCc4ccccc4)cc3)c(=O)n2n1. The summed E-state index contributed by atoms with van der Waals surface area (Å²) in [6.45, 7) is 1.82. The van der Waals surface area contributed by atoms with E-state index in [0.29, 0.717) is 33.2 Å². The second-order valence-electron chi connectivity index (χ2n) is 7.48. The Morgan fingerprint density at radius 3 is 2.47 bits per heavy atom. The quantitative estimate of drug-likeness (QED) is 0.277. The van der Waals surface area contributed by atoms with E-state index < -0.39 is 5.97 Å². The summed E-state index contributed by atoms with van der Waals surface area (Å²) in [6, 6.07) is 24.5. The molecule has 0 unspecified atom stereocenters. The number of hydrogen-bond acceptors (Lipinski definition) is 7. The first-order valence-electron chi connectivity index (χ1n) is 10.5. The predicted octanol–water partition coefficient (Wildman–Crippen LogP) is 3.87. The highest BCUT2D eigenvalue weighted by atomic mass is 32.1. The number of carbonyl (C=O) groups is 1. The van der Waals surface area contributed by atoms with Gasteiger partial charge in [-0.15, -0.1) is 5.10 Å². The Hall–Kier alpha value is -4.30. The summed E-state index contributed by atoms with van der Waals surface area (Å²) in [5, 5.41) is 4.35. The van der Waals surface area contributed by atoms with Crippen LogP contribution in [0.1, 0.15) is 18.1 Å². The standard InChI is InChI=1S/C26H19N3O4S/c1-17(30)33-22-10-6-5-9-21(22)24-27-26-29(28-24)25(31)23(34-26)15-18-11-13-20(14-12-18)32-16-19-7-3-2-4-8-19/h2-15H,16H2,1H3/b23-15-. The fourth-order valence-corrected chi connectivity index (χ4v) is 4.30. The van der Waals surface area contributed by atoms with E-state index in [2.05, 4.69) is 10.1 Å². The van der Waals surface area contributed by atoms with Crippen molar-refractivity contribution >= 4 is 28.3 Å². The molecule has 0 aliphatic carbocycles. The highest BCUT2D eigenvalue weighted by Gasteiger charge is 2.16. The van der Waals surface area contributed by atoms with Crippen molar-refractivity contribution in [2.75, 3.05) is 0 Å². The fourth-order valence-electron chi connectivity index (χ4n) is 3.40. The van der Waals surface area contributed by atoms with Crippen LogP contribution in [0.3, 0.4) is 0 Å². The number of hydrogen-bond donors (Lipinski definition) is 0. The van der Waals surface area contributed by atoms with Crippen LogP contribution in [0.4, 0.5) is 0 Å². The van der Waals surface area contributed by atoms with Crippen molar-refractivity contribution < 1.29 is 14.3 Å². The number of nitrogens with zero attached hydrogens (tertiary/aromatic N) is 3. The van der Waals surface area contributed by atoms with Gasteiger partial charge in [-0.1, -0.05) is 65.9 Å². The van der Waals surface area contributed by atoms with Gasteiger partial charge < -0.3 is 9.47 Å². The minimum atomic E-state index is -0.439. The van der Waals surface area contributed by atoms with E-state index in [4.69, 9.17) is 9.47 Å². The zero-order valence-corrected chi connectivity index (χ0v) is 19.0. The minimum absolute atomic E-state index is 0.256. The number of aromatic nitrogens is 3. The third-order valence-corrected chi connectivity index (χ3v) is 5.95. The molecule has 0 aliphatic rings. The number of ether oxygens (including phenoxy) is 2. The number of carbonyl (C=O) groups excluding carboxylic acids is 1. The normalized spacial score (nSPS) is 11.6. The molecule has 0 spiro atoms. The Morgan fingerprint density at radius 1 is 1.00 bits per heavy atom. The molecule has 0 fully saturated rings. The Bertz CT molecular complexity index is 1570. The average molecular weight is 470 g/mol. The van der Waals surface area contributed by atoms with Crippen LogP contribution in [0.5, 0.6) is 11.5 Å². The van der Waals surface area contributed by atoms with Gasteiger partial charge in [0, 0.05) is 6.92 Å². The van der Waals surface area contributed by atoms with Gasteiger partial charge in [0.25, 0.3) is 5.56 Å². The molecule has 0 radical (unpaired) electrons. The first-order valence-corrected chi connectivity index (χ1v) is 11.3. The Balaban J connectivity index is 1.38. The highest BCUT2D eigenvalue weighted by molar-refractivity contribution is 7.15. The molecule has 168 valence electrons. The molecule has 0 N–H and O–H groups in total. The number of benzene rings is 3. The van der Waals surface area contributed by atoms with E-state index in [0.717, 1.165) is 16.9 Å². The predicted molar refractivity (Wildman–Crippen MR) is 130 cm³/mol. The molecule has 0 amide bonds. The highest BCUT2D eigenvalue weighted by Crippen LogP contribution is 2.28. The second-order valence-corrected chi connectivity index (χ2v) is 8.49. The van der Waals surface area contributed by atoms with Crippen LogP contribution >= 0.6 is 11.3 Å². The van der Waals surface area contributed by atoms with Gasteiger partial charge in [0.2, 0.25) is 4.96 Å². The largest absolute Gasteiger partial charge is 0.489 e. The lowest BCUT2D eigenvalue weighted by atomic mass is 10.2. The van der Waals surface area contributed by atoms with Gasteiger partial charge in [-0.3, -0.25) is 9.59 Å². The molecule has 34 heavy (non-hydrogen) atoms. The molecule has 7 nitrogen and oxygen atoms in total. The lowest BCUT2D eigenvalue weighted by molar-refractivity contribution is -0.131. The minimum Gasteiger partial charge on any atom is -0.489 e. The van der Waals surface area contributed by atoms with Crippen LogP contribution < -0.4 is 19.6 Å². The summed E-state index contributed by atoms with van der Waals surface area (Å²) < 4.78 is 12.8. The van der Waals surface area contributed by atoms with Crippen LogP contribution in [0.15, 0.2) is 83.7 Å². The molecule has 2 heterocycles. The maximum Gasteiger partial charge on any atom is 0.308 e. The number of esters is 1. The van der Waals surface area contributed by atoms with E-state index in [1.54, 1.807) is 30.3 Å². The van der Waals surface area contributed by atoms with Crippen molar-refractivity contribution in [2.45, 2.75) is 13.5 Å². The molecule has 8 heteroatoms. The molecular formula is C26H19N3O4S. The summed E-state index contributed by atoms with van der Waals surface area (Å²) >= 11 is 1.25. The van der Waals surface area contributed by atoms with Gasteiger partial charge in [-0.2, -0.15) is 9.50 Å². The van der Waals surface area contributed by atoms with Gasteiger partial charge in [0.05, 0.1) is 10.1 Å². The van der Waals surface area contributed by atoms with E-state index in [-0.39, 0.29) is 5.56 Å². The Kier molecular flexibility index (Phi) is 5.88. The third kappa shape index (κ3) is 4.57. The van der Waals surface area contributed by atoms with Gasteiger partial charge >= 0.3 is 5.97 Å². The summed E-state index contributed by atoms with van der Waals surface area (Å²) in [4.78, 5) is 29.2. The summed E-state index contributed by atoms with van der Waals surface area (Å²) in [5.74, 6) is 0.988. The lowest BCUT2D eigenvalue weighted by Gasteiger charge is -2.06. The third-order valence-electron chi connectivity index (χ3n) is 4.99. The zero-order chi connectivity index (χ0) is 23.5. The first-order chi connectivity index (χ1) is 16.6. The van der Waals surface area contributed by atoms with Crippen molar-refractivity contribution in [3.05, 3.63) is 105 Å². The monoisotopic (exact) mass is 469 g/mol. The van der Waals surface area contributed by atoms with E-state index in [9.17, 15) is 9.59 Å². The number of para-hydroxylation sites is 1. The van der Waals surface area contributed by atoms with Crippen molar-refractivity contribution in [3.8, 4) is 22.9 Å². The molecule has 5 aromatic rings. The average Bonchev–Trinajstić information content (AvgIpc) is 3.38.